The second-order valence-electron chi connectivity index (χ2n) is 6.20. The standard InChI is InChI=1S/C21H16ClF4N3O2.C2H6.CH2O.CH4S/c1-3-7-17(22)14(10-23)18-16(12-30-2)19(31-28-18)15-11-27-29(20(15)21(24,25)26)13-8-5-4-6-9-13;3*1-2/h3-11H,1,12H2,2H3;1-2H3;1H2;2H,1H3/b14-10-,17-7+;;;. The van der Waals surface area contributed by atoms with Gasteiger partial charge in [-0.2, -0.15) is 30.9 Å². The number of thiol groups is 1. The molecule has 6 nitrogen and oxygen atoms in total. The van der Waals surface area contributed by atoms with Crippen LogP contribution in [0.3, 0.4) is 0 Å². The van der Waals surface area contributed by atoms with Gasteiger partial charge in [0.25, 0.3) is 0 Å². The molecule has 12 heteroatoms. The predicted octanol–water partition coefficient (Wildman–Crippen LogP) is 7.70. The van der Waals surface area contributed by atoms with E-state index in [1.54, 1.807) is 24.5 Å². The molecule has 0 atom stereocenters. The van der Waals surface area contributed by atoms with Gasteiger partial charge in [0.2, 0.25) is 0 Å². The minimum absolute atomic E-state index is 0.0641. The van der Waals surface area contributed by atoms with Crippen LogP contribution in [0.2, 0.25) is 0 Å². The molecule has 0 saturated carbocycles. The van der Waals surface area contributed by atoms with Crippen LogP contribution in [0.15, 0.2) is 71.1 Å². The fraction of sp³-hybridized carbons (Fsp3) is 0.240. The van der Waals surface area contributed by atoms with Crippen molar-refractivity contribution in [2.24, 2.45) is 0 Å². The molecule has 0 N–H and O–H groups in total. The van der Waals surface area contributed by atoms with Crippen molar-refractivity contribution in [3.63, 3.8) is 0 Å². The van der Waals surface area contributed by atoms with Gasteiger partial charge < -0.3 is 14.1 Å². The van der Waals surface area contributed by atoms with Crippen LogP contribution < -0.4 is 0 Å². The maximum Gasteiger partial charge on any atom is 0.434 e. The van der Waals surface area contributed by atoms with Crippen molar-refractivity contribution in [2.45, 2.75) is 26.6 Å². The number of rotatable bonds is 7. The number of nitrogens with zero attached hydrogens (tertiary/aromatic N) is 3. The summed E-state index contributed by atoms with van der Waals surface area (Å²) in [4.78, 5) is 8.00. The second kappa shape index (κ2) is 17.3. The van der Waals surface area contributed by atoms with Crippen molar-refractivity contribution < 1.29 is 31.6 Å². The summed E-state index contributed by atoms with van der Waals surface area (Å²) in [7, 11) is 1.33. The van der Waals surface area contributed by atoms with Gasteiger partial charge in [-0.1, -0.05) is 61.5 Å². The molecular weight excluding hydrogens is 534 g/mol. The Morgan fingerprint density at radius 1 is 1.22 bits per heavy atom. The van der Waals surface area contributed by atoms with Gasteiger partial charge in [0, 0.05) is 7.11 Å². The number of carbonyl (C=O) groups excluding carboxylic acids is 1. The van der Waals surface area contributed by atoms with Crippen LogP contribution in [-0.2, 0) is 22.3 Å². The van der Waals surface area contributed by atoms with Crippen LogP contribution >= 0.6 is 24.2 Å². The van der Waals surface area contributed by atoms with E-state index in [1.165, 1.54) is 31.4 Å². The van der Waals surface area contributed by atoms with E-state index in [9.17, 15) is 17.6 Å². The second-order valence-corrected chi connectivity index (χ2v) is 6.60. The predicted molar refractivity (Wildman–Crippen MR) is 141 cm³/mol. The van der Waals surface area contributed by atoms with Crippen LogP contribution in [-0.4, -0.2) is 35.1 Å². The average molecular weight is 562 g/mol. The average Bonchev–Trinajstić information content (AvgIpc) is 3.54. The first kappa shape index (κ1) is 33.8. The Bertz CT molecular complexity index is 1160. The van der Waals surface area contributed by atoms with Crippen LogP contribution in [0.4, 0.5) is 17.6 Å². The molecule has 0 fully saturated rings. The molecule has 3 aromatic rings. The number of hydrogen-bond donors (Lipinski definition) is 1. The SMILES string of the molecule is C=C/C=C(Cl)\C(=C\F)c1noc(-c2cnn(-c3ccccc3)c2C(F)(F)F)c1COC.C=O.CC.CS. The van der Waals surface area contributed by atoms with Crippen LogP contribution in [0.25, 0.3) is 22.6 Å². The van der Waals surface area contributed by atoms with E-state index in [-0.39, 0.29) is 51.8 Å². The normalized spacial score (nSPS) is 11.3. The molecule has 2 aromatic heterocycles. The highest BCUT2D eigenvalue weighted by atomic mass is 35.5. The van der Waals surface area contributed by atoms with Gasteiger partial charge in [-0.05, 0) is 24.5 Å². The minimum atomic E-state index is -4.78. The van der Waals surface area contributed by atoms with E-state index >= 15 is 0 Å². The highest BCUT2D eigenvalue weighted by Gasteiger charge is 2.41. The third kappa shape index (κ3) is 8.44. The van der Waals surface area contributed by atoms with Crippen molar-refractivity contribution in [2.75, 3.05) is 13.4 Å². The summed E-state index contributed by atoms with van der Waals surface area (Å²) in [6, 6.07) is 7.82. The van der Waals surface area contributed by atoms with Crippen molar-refractivity contribution in [1.29, 1.82) is 0 Å². The minimum Gasteiger partial charge on any atom is -0.380 e. The number of aromatic nitrogens is 3. The van der Waals surface area contributed by atoms with E-state index in [0.29, 0.717) is 0 Å². The Labute approximate surface area is 223 Å². The fourth-order valence-electron chi connectivity index (χ4n) is 2.97. The number of para-hydroxylation sites is 1. The van der Waals surface area contributed by atoms with Gasteiger partial charge in [-0.15, -0.1) is 0 Å². The van der Waals surface area contributed by atoms with Gasteiger partial charge in [-0.3, -0.25) is 0 Å². The number of benzene rings is 1. The molecule has 202 valence electrons. The van der Waals surface area contributed by atoms with Gasteiger partial charge in [-0.25, -0.2) is 9.07 Å². The lowest BCUT2D eigenvalue weighted by Gasteiger charge is -2.12. The Morgan fingerprint density at radius 2 is 1.81 bits per heavy atom. The maximum atomic E-state index is 14.0. The molecule has 0 spiro atoms. The Hall–Kier alpha value is -3.15. The van der Waals surface area contributed by atoms with Crippen LogP contribution in [0, 0.1) is 0 Å². The zero-order chi connectivity index (χ0) is 28.6. The molecule has 0 aliphatic rings. The monoisotopic (exact) mass is 561 g/mol. The molecule has 0 unspecified atom stereocenters. The first-order valence-corrected chi connectivity index (χ1v) is 11.8. The lowest BCUT2D eigenvalue weighted by molar-refractivity contribution is -0.142. The quantitative estimate of drug-likeness (QED) is 0.182. The van der Waals surface area contributed by atoms with Crippen molar-refractivity contribution in [3.05, 3.63) is 83.6 Å². The third-order valence-electron chi connectivity index (χ3n) is 4.25. The van der Waals surface area contributed by atoms with Gasteiger partial charge >= 0.3 is 6.18 Å². The van der Waals surface area contributed by atoms with Gasteiger partial charge in [0.1, 0.15) is 12.5 Å². The number of methoxy groups -OCH3 is 1. The van der Waals surface area contributed by atoms with E-state index in [0.717, 1.165) is 10.9 Å². The number of halogens is 5. The molecule has 0 amide bonds. The summed E-state index contributed by atoms with van der Waals surface area (Å²) in [5.41, 5.74) is -1.44. The Balaban J connectivity index is 0.00000201. The number of hydrogen-bond acceptors (Lipinski definition) is 6. The molecule has 3 rings (SSSR count). The first-order valence-electron chi connectivity index (χ1n) is 10.5. The molecule has 0 bridgehead atoms. The maximum absolute atomic E-state index is 14.0. The van der Waals surface area contributed by atoms with Crippen LogP contribution in [0.5, 0.6) is 0 Å². The summed E-state index contributed by atoms with van der Waals surface area (Å²) in [6.07, 6.45) is 0.750. The summed E-state index contributed by atoms with van der Waals surface area (Å²) in [6.45, 7) is 9.27. The smallest absolute Gasteiger partial charge is 0.380 e. The van der Waals surface area contributed by atoms with Crippen molar-refractivity contribution in [3.8, 4) is 17.0 Å². The molecule has 0 radical (unpaired) electrons. The molecule has 2 heterocycles. The highest BCUT2D eigenvalue weighted by molar-refractivity contribution is 7.79. The molecule has 0 aliphatic carbocycles. The number of alkyl halides is 3. The fourth-order valence-corrected chi connectivity index (χ4v) is 3.19. The molecule has 37 heavy (non-hydrogen) atoms. The zero-order valence-electron chi connectivity index (χ0n) is 20.7. The van der Waals surface area contributed by atoms with Crippen molar-refractivity contribution in [1.82, 2.24) is 14.9 Å². The summed E-state index contributed by atoms with van der Waals surface area (Å²) in [5.74, 6) is -0.256. The first-order chi connectivity index (χ1) is 17.8. The Morgan fingerprint density at radius 3 is 2.30 bits per heavy atom. The number of carbonyl (C=O) groups is 1. The lowest BCUT2D eigenvalue weighted by Crippen LogP contribution is -2.14. The van der Waals surface area contributed by atoms with Crippen molar-refractivity contribution >= 4 is 36.6 Å². The largest absolute Gasteiger partial charge is 0.434 e. The van der Waals surface area contributed by atoms with Gasteiger partial charge in [0.05, 0.1) is 46.6 Å². The highest BCUT2D eigenvalue weighted by Crippen LogP contribution is 2.42. The van der Waals surface area contributed by atoms with Crippen LogP contribution in [0.1, 0.15) is 30.8 Å². The molecule has 0 aliphatic heterocycles. The molecule has 0 saturated heterocycles. The third-order valence-corrected chi connectivity index (χ3v) is 4.58. The number of ether oxygens (including phenoxy) is 1. The summed E-state index contributed by atoms with van der Waals surface area (Å²) in [5, 5.41) is 7.60. The molecule has 1 aromatic carbocycles. The van der Waals surface area contributed by atoms with E-state index in [4.69, 9.17) is 25.7 Å². The zero-order valence-corrected chi connectivity index (χ0v) is 22.4. The van der Waals surface area contributed by atoms with E-state index < -0.39 is 11.9 Å². The van der Waals surface area contributed by atoms with E-state index in [1.807, 2.05) is 20.6 Å². The topological polar surface area (TPSA) is 70.2 Å². The van der Waals surface area contributed by atoms with Gasteiger partial charge in [0.15, 0.2) is 11.5 Å². The van der Waals surface area contributed by atoms with E-state index in [2.05, 4.69) is 29.5 Å². The molecular formula is C25H28ClF4N3O3S. The lowest BCUT2D eigenvalue weighted by atomic mass is 10.0. The Kier molecular flexibility index (Phi) is 15.9. The summed E-state index contributed by atoms with van der Waals surface area (Å²) >= 11 is 9.59. The number of allylic oxidation sites excluding steroid dienone is 4. The summed E-state index contributed by atoms with van der Waals surface area (Å²) < 4.78 is 66.8.